The van der Waals surface area contributed by atoms with Crippen LogP contribution < -0.4 is 10.6 Å². The van der Waals surface area contributed by atoms with Crippen molar-refractivity contribution in [3.8, 4) is 0 Å². The van der Waals surface area contributed by atoms with Gasteiger partial charge < -0.3 is 0 Å². The molecule has 0 spiro atoms. The Bertz CT molecular complexity index is 650. The third-order valence-electron chi connectivity index (χ3n) is 3.56. The third kappa shape index (κ3) is 3.60. The molecule has 21 heavy (non-hydrogen) atoms. The van der Waals surface area contributed by atoms with Crippen molar-refractivity contribution in [3.63, 3.8) is 0 Å². The van der Waals surface area contributed by atoms with Gasteiger partial charge in [0.05, 0.1) is 0 Å². The molecule has 0 aliphatic heterocycles. The van der Waals surface area contributed by atoms with E-state index in [0.29, 0.717) is 0 Å². The predicted octanol–water partition coefficient (Wildman–Crippen LogP) is 4.63. The van der Waals surface area contributed by atoms with Crippen LogP contribution >= 0.6 is 7.92 Å². The molecule has 3 aromatic rings. The highest BCUT2D eigenvalue weighted by Gasteiger charge is 2.13. The average Bonchev–Trinajstić information content (AvgIpc) is 2.54. The van der Waals surface area contributed by atoms with Gasteiger partial charge in [-0.1, -0.05) is 90.5 Å². The summed E-state index contributed by atoms with van der Waals surface area (Å²) < 4.78 is 0. The lowest BCUT2D eigenvalue weighted by Gasteiger charge is -2.19. The molecule has 104 valence electrons. The summed E-state index contributed by atoms with van der Waals surface area (Å²) in [6.45, 7) is 2.16. The first-order chi connectivity index (χ1) is 10.3. The first kappa shape index (κ1) is 14.0. The zero-order chi connectivity index (χ0) is 14.5. The first-order valence-corrected chi connectivity index (χ1v) is 8.79. The molecule has 0 heterocycles. The normalized spacial score (nSPS) is 10.8. The van der Waals surface area contributed by atoms with Crippen LogP contribution in [0.2, 0.25) is 0 Å². The molecule has 1 heteroatoms. The second-order valence-electron chi connectivity index (χ2n) is 5.25. The minimum absolute atomic E-state index is 0.340. The van der Waals surface area contributed by atoms with E-state index in [1.165, 1.54) is 21.7 Å². The summed E-state index contributed by atoms with van der Waals surface area (Å²) in [7, 11) is -0.340. The predicted molar refractivity (Wildman–Crippen MR) is 94.0 cm³/mol. The van der Waals surface area contributed by atoms with Gasteiger partial charge >= 0.3 is 0 Å². The molecule has 0 nitrogen and oxygen atoms in total. The van der Waals surface area contributed by atoms with E-state index in [2.05, 4.69) is 91.9 Å². The summed E-state index contributed by atoms with van der Waals surface area (Å²) in [6.07, 6.45) is 1.10. The van der Waals surface area contributed by atoms with Crippen LogP contribution in [-0.2, 0) is 6.16 Å². The van der Waals surface area contributed by atoms with Gasteiger partial charge in [0.15, 0.2) is 0 Å². The molecule has 0 fully saturated rings. The molecule has 3 aromatic carbocycles. The fourth-order valence-electron chi connectivity index (χ4n) is 2.54. The monoisotopic (exact) mass is 290 g/mol. The standard InChI is InChI=1S/C20H19P/c1-17-9-8-10-18(15-17)16-21(19-11-4-2-5-12-19)20-13-6-3-7-14-20/h2-15H,16H2,1H3. The zero-order valence-corrected chi connectivity index (χ0v) is 13.1. The molecule has 0 aromatic heterocycles. The fourth-order valence-corrected chi connectivity index (χ4v) is 4.83. The van der Waals surface area contributed by atoms with Crippen LogP contribution in [0.25, 0.3) is 0 Å². The Balaban J connectivity index is 1.97. The number of benzene rings is 3. The Hall–Kier alpha value is -1.91. The van der Waals surface area contributed by atoms with Crippen LogP contribution in [0.4, 0.5) is 0 Å². The summed E-state index contributed by atoms with van der Waals surface area (Å²) in [5.41, 5.74) is 2.76. The first-order valence-electron chi connectivity index (χ1n) is 7.26. The molecule has 0 bridgehead atoms. The van der Waals surface area contributed by atoms with Crippen LogP contribution in [0, 0.1) is 6.92 Å². The minimum Gasteiger partial charge on any atom is -0.0622 e. The quantitative estimate of drug-likeness (QED) is 0.615. The van der Waals surface area contributed by atoms with E-state index >= 15 is 0 Å². The van der Waals surface area contributed by atoms with Crippen molar-refractivity contribution in [2.24, 2.45) is 0 Å². The molecule has 0 N–H and O–H groups in total. The Kier molecular flexibility index (Phi) is 4.48. The van der Waals surface area contributed by atoms with Gasteiger partial charge in [0.25, 0.3) is 0 Å². The molecule has 0 radical (unpaired) electrons. The molecule has 3 rings (SSSR count). The van der Waals surface area contributed by atoms with E-state index in [1.807, 2.05) is 0 Å². The van der Waals surface area contributed by atoms with Gasteiger partial charge in [0.1, 0.15) is 0 Å². The summed E-state index contributed by atoms with van der Waals surface area (Å²) in [4.78, 5) is 0. The smallest absolute Gasteiger partial charge is 0.000753 e. The van der Waals surface area contributed by atoms with Gasteiger partial charge in [-0.05, 0) is 31.0 Å². The van der Waals surface area contributed by atoms with Crippen LogP contribution in [0.1, 0.15) is 11.1 Å². The van der Waals surface area contributed by atoms with Crippen molar-refractivity contribution in [1.29, 1.82) is 0 Å². The molecule has 0 saturated carbocycles. The van der Waals surface area contributed by atoms with Gasteiger partial charge in [-0.15, -0.1) is 0 Å². The van der Waals surface area contributed by atoms with Crippen LogP contribution in [-0.4, -0.2) is 0 Å². The maximum absolute atomic E-state index is 2.31. The number of hydrogen-bond acceptors (Lipinski definition) is 0. The van der Waals surface area contributed by atoms with E-state index in [0.717, 1.165) is 6.16 Å². The fraction of sp³-hybridized carbons (Fsp3) is 0.100. The van der Waals surface area contributed by atoms with Crippen molar-refractivity contribution in [1.82, 2.24) is 0 Å². The summed E-state index contributed by atoms with van der Waals surface area (Å²) in [5.74, 6) is 0. The summed E-state index contributed by atoms with van der Waals surface area (Å²) in [6, 6.07) is 30.7. The van der Waals surface area contributed by atoms with Gasteiger partial charge in [-0.3, -0.25) is 0 Å². The van der Waals surface area contributed by atoms with E-state index in [4.69, 9.17) is 0 Å². The molecule has 0 amide bonds. The highest BCUT2D eigenvalue weighted by molar-refractivity contribution is 7.72. The zero-order valence-electron chi connectivity index (χ0n) is 12.2. The van der Waals surface area contributed by atoms with Crippen molar-refractivity contribution >= 4 is 18.5 Å². The lowest BCUT2D eigenvalue weighted by atomic mass is 10.2. The Morgan fingerprint density at radius 2 is 1.24 bits per heavy atom. The van der Waals surface area contributed by atoms with E-state index in [9.17, 15) is 0 Å². The summed E-state index contributed by atoms with van der Waals surface area (Å²) in [5, 5.41) is 2.89. The van der Waals surface area contributed by atoms with Crippen LogP contribution in [0.15, 0.2) is 84.9 Å². The Morgan fingerprint density at radius 1 is 0.667 bits per heavy atom. The highest BCUT2D eigenvalue weighted by atomic mass is 31.1. The largest absolute Gasteiger partial charge is 0.0622 e. The molecule has 0 aliphatic rings. The van der Waals surface area contributed by atoms with Crippen molar-refractivity contribution < 1.29 is 0 Å². The maximum Gasteiger partial charge on any atom is 0.000753 e. The van der Waals surface area contributed by atoms with Gasteiger partial charge in [0.2, 0.25) is 0 Å². The number of rotatable bonds is 4. The number of aryl methyl sites for hydroxylation is 1. The number of hydrogen-bond donors (Lipinski definition) is 0. The molecule has 0 atom stereocenters. The molecular weight excluding hydrogens is 271 g/mol. The third-order valence-corrected chi connectivity index (χ3v) is 6.08. The lowest BCUT2D eigenvalue weighted by Crippen LogP contribution is -2.12. The molecule has 0 unspecified atom stereocenters. The van der Waals surface area contributed by atoms with Gasteiger partial charge in [-0.2, -0.15) is 0 Å². The maximum atomic E-state index is 2.31. The second-order valence-corrected chi connectivity index (χ2v) is 7.45. The molecule has 0 aliphatic carbocycles. The van der Waals surface area contributed by atoms with Gasteiger partial charge in [0, 0.05) is 6.16 Å². The van der Waals surface area contributed by atoms with Gasteiger partial charge in [-0.25, -0.2) is 0 Å². The average molecular weight is 290 g/mol. The summed E-state index contributed by atoms with van der Waals surface area (Å²) >= 11 is 0. The van der Waals surface area contributed by atoms with Crippen LogP contribution in [0.5, 0.6) is 0 Å². The van der Waals surface area contributed by atoms with Crippen LogP contribution in [0.3, 0.4) is 0 Å². The lowest BCUT2D eigenvalue weighted by molar-refractivity contribution is 1.35. The minimum atomic E-state index is -0.340. The van der Waals surface area contributed by atoms with E-state index in [1.54, 1.807) is 0 Å². The molecule has 0 saturated heterocycles. The van der Waals surface area contributed by atoms with Crippen molar-refractivity contribution in [2.75, 3.05) is 0 Å². The van der Waals surface area contributed by atoms with E-state index < -0.39 is 0 Å². The second kappa shape index (κ2) is 6.70. The Labute approximate surface area is 128 Å². The van der Waals surface area contributed by atoms with E-state index in [-0.39, 0.29) is 7.92 Å². The van der Waals surface area contributed by atoms with Crippen molar-refractivity contribution in [3.05, 3.63) is 96.1 Å². The SMILES string of the molecule is Cc1cccc(CP(c2ccccc2)c2ccccc2)c1. The Morgan fingerprint density at radius 3 is 1.76 bits per heavy atom. The highest BCUT2D eigenvalue weighted by Crippen LogP contribution is 2.37. The topological polar surface area (TPSA) is 0 Å². The molecular formula is C20H19P. The van der Waals surface area contributed by atoms with Crippen molar-refractivity contribution in [2.45, 2.75) is 13.1 Å².